The Hall–Kier alpha value is -2.67. The van der Waals surface area contributed by atoms with Gasteiger partial charge in [0.1, 0.15) is 5.75 Å². The van der Waals surface area contributed by atoms with Crippen LogP contribution in [0.1, 0.15) is 13.8 Å². The first-order valence-electron chi connectivity index (χ1n) is 10.8. The van der Waals surface area contributed by atoms with E-state index < -0.39 is 0 Å². The minimum absolute atomic E-state index is 0.0483. The summed E-state index contributed by atoms with van der Waals surface area (Å²) < 4.78 is 6.84. The molecule has 5 nitrogen and oxygen atoms in total. The number of benzene rings is 3. The van der Waals surface area contributed by atoms with Crippen LogP contribution >= 0.6 is 22.9 Å². The lowest BCUT2D eigenvalue weighted by Gasteiger charge is -2.24. The highest BCUT2D eigenvalue weighted by atomic mass is 35.5. The van der Waals surface area contributed by atoms with Crippen LogP contribution in [-0.2, 0) is 4.79 Å². The standard InChI is InChI=1S/C25H26ClN3O2S/c1-3-28(4-2)13-14-29(25-27-22-12-10-20(26)16-23(22)32-25)24(30)17-31-21-11-9-18-7-5-6-8-19(18)15-21/h5-12,15-16H,3-4,13-14,17H2,1-2H3. The van der Waals surface area contributed by atoms with Crippen molar-refractivity contribution in [3.05, 3.63) is 65.7 Å². The predicted molar refractivity (Wildman–Crippen MR) is 134 cm³/mol. The molecule has 166 valence electrons. The quantitative estimate of drug-likeness (QED) is 0.309. The summed E-state index contributed by atoms with van der Waals surface area (Å²) in [6.07, 6.45) is 0. The van der Waals surface area contributed by atoms with Crippen molar-refractivity contribution in [2.45, 2.75) is 13.8 Å². The van der Waals surface area contributed by atoms with Crippen LogP contribution in [0.4, 0.5) is 5.13 Å². The van der Waals surface area contributed by atoms with E-state index in [1.165, 1.54) is 11.3 Å². The van der Waals surface area contributed by atoms with E-state index in [1.54, 1.807) is 4.90 Å². The zero-order valence-corrected chi connectivity index (χ0v) is 19.8. The molecule has 32 heavy (non-hydrogen) atoms. The van der Waals surface area contributed by atoms with Crippen LogP contribution in [0, 0.1) is 0 Å². The Labute approximate surface area is 197 Å². The predicted octanol–water partition coefficient (Wildman–Crippen LogP) is 5.86. The number of carbonyl (C=O) groups is 1. The summed E-state index contributed by atoms with van der Waals surface area (Å²) in [4.78, 5) is 21.9. The van der Waals surface area contributed by atoms with Crippen LogP contribution in [0.3, 0.4) is 0 Å². The van der Waals surface area contributed by atoms with Gasteiger partial charge in [-0.3, -0.25) is 9.69 Å². The monoisotopic (exact) mass is 467 g/mol. The average Bonchev–Trinajstić information content (AvgIpc) is 3.23. The lowest BCUT2D eigenvalue weighted by atomic mass is 10.1. The third-order valence-electron chi connectivity index (χ3n) is 5.49. The molecule has 4 rings (SSSR count). The average molecular weight is 468 g/mol. The Morgan fingerprint density at radius 1 is 1.00 bits per heavy atom. The highest BCUT2D eigenvalue weighted by Gasteiger charge is 2.21. The van der Waals surface area contributed by atoms with Gasteiger partial charge < -0.3 is 9.64 Å². The maximum absolute atomic E-state index is 13.2. The molecule has 0 saturated carbocycles. The lowest BCUT2D eigenvalue weighted by molar-refractivity contribution is -0.120. The summed E-state index contributed by atoms with van der Waals surface area (Å²) in [6.45, 7) is 7.38. The molecule has 1 heterocycles. The van der Waals surface area contributed by atoms with Gasteiger partial charge in [0, 0.05) is 18.1 Å². The van der Waals surface area contributed by atoms with Crippen LogP contribution in [0.25, 0.3) is 21.0 Å². The van der Waals surface area contributed by atoms with Gasteiger partial charge in [-0.05, 0) is 54.2 Å². The summed E-state index contributed by atoms with van der Waals surface area (Å²) in [5, 5.41) is 3.55. The molecule has 7 heteroatoms. The summed E-state index contributed by atoms with van der Waals surface area (Å²) in [5.41, 5.74) is 0.838. The number of amides is 1. The fourth-order valence-corrected chi connectivity index (χ4v) is 4.88. The SMILES string of the molecule is CCN(CC)CCN(C(=O)COc1ccc2ccccc2c1)c1nc2ccc(Cl)cc2s1. The first-order valence-corrected chi connectivity index (χ1v) is 12.0. The first-order chi connectivity index (χ1) is 15.6. The normalized spacial score (nSPS) is 11.4. The number of fused-ring (bicyclic) bond motifs is 2. The summed E-state index contributed by atoms with van der Waals surface area (Å²) in [5.74, 6) is 0.562. The largest absolute Gasteiger partial charge is 0.484 e. The number of thiazole rings is 1. The number of halogens is 1. The third-order valence-corrected chi connectivity index (χ3v) is 6.76. The van der Waals surface area contributed by atoms with E-state index in [2.05, 4.69) is 24.8 Å². The van der Waals surface area contributed by atoms with Crippen LogP contribution in [0.5, 0.6) is 5.75 Å². The first kappa shape index (κ1) is 22.5. The molecule has 4 aromatic rings. The minimum Gasteiger partial charge on any atom is -0.484 e. The number of carbonyl (C=O) groups excluding carboxylic acids is 1. The molecule has 0 aliphatic heterocycles. The van der Waals surface area contributed by atoms with Gasteiger partial charge in [-0.15, -0.1) is 0 Å². The maximum Gasteiger partial charge on any atom is 0.266 e. The van der Waals surface area contributed by atoms with Gasteiger partial charge in [-0.25, -0.2) is 4.98 Å². The summed E-state index contributed by atoms with van der Waals surface area (Å²) >= 11 is 7.61. The molecule has 1 amide bonds. The van der Waals surface area contributed by atoms with Crippen molar-refractivity contribution < 1.29 is 9.53 Å². The minimum atomic E-state index is -0.115. The Balaban J connectivity index is 1.53. The number of anilines is 1. The number of nitrogens with zero attached hydrogens (tertiary/aromatic N) is 3. The Kier molecular flexibility index (Phi) is 7.25. The lowest BCUT2D eigenvalue weighted by Crippen LogP contribution is -2.41. The maximum atomic E-state index is 13.2. The van der Waals surface area contributed by atoms with Gasteiger partial charge in [0.15, 0.2) is 11.7 Å². The fraction of sp³-hybridized carbons (Fsp3) is 0.280. The van der Waals surface area contributed by atoms with Crippen molar-refractivity contribution in [2.24, 2.45) is 0 Å². The third kappa shape index (κ3) is 5.21. The number of ether oxygens (including phenoxy) is 1. The molecule has 0 bridgehead atoms. The van der Waals surface area contributed by atoms with Crippen LogP contribution < -0.4 is 9.64 Å². The number of hydrogen-bond donors (Lipinski definition) is 0. The van der Waals surface area contributed by atoms with Crippen LogP contribution in [0.2, 0.25) is 5.02 Å². The van der Waals surface area contributed by atoms with E-state index in [0.717, 1.165) is 40.6 Å². The summed E-state index contributed by atoms with van der Waals surface area (Å²) in [7, 11) is 0. The van der Waals surface area contributed by atoms with E-state index in [4.69, 9.17) is 21.3 Å². The molecule has 0 atom stereocenters. The van der Waals surface area contributed by atoms with Gasteiger partial charge in [0.05, 0.1) is 10.2 Å². The van der Waals surface area contributed by atoms with Gasteiger partial charge >= 0.3 is 0 Å². The molecule has 0 spiro atoms. The van der Waals surface area contributed by atoms with Gasteiger partial charge in [0.25, 0.3) is 5.91 Å². The van der Waals surface area contributed by atoms with Crippen molar-refractivity contribution in [1.82, 2.24) is 9.88 Å². The fourth-order valence-electron chi connectivity index (χ4n) is 3.59. The molecular weight excluding hydrogens is 442 g/mol. The van der Waals surface area contributed by atoms with E-state index in [-0.39, 0.29) is 12.5 Å². The Bertz CT molecular complexity index is 1220. The zero-order chi connectivity index (χ0) is 22.5. The molecule has 0 saturated heterocycles. The van der Waals surface area contributed by atoms with Gasteiger partial charge in [-0.1, -0.05) is 67.1 Å². The number of rotatable bonds is 9. The van der Waals surface area contributed by atoms with Crippen molar-refractivity contribution in [3.63, 3.8) is 0 Å². The van der Waals surface area contributed by atoms with E-state index >= 15 is 0 Å². The van der Waals surface area contributed by atoms with Crippen LogP contribution in [-0.4, -0.2) is 48.6 Å². The Morgan fingerprint density at radius 3 is 2.56 bits per heavy atom. The highest BCUT2D eigenvalue weighted by molar-refractivity contribution is 7.22. The van der Waals surface area contributed by atoms with E-state index in [0.29, 0.717) is 22.4 Å². The van der Waals surface area contributed by atoms with Gasteiger partial charge in [0.2, 0.25) is 0 Å². The highest BCUT2D eigenvalue weighted by Crippen LogP contribution is 2.31. The molecule has 3 aromatic carbocycles. The summed E-state index contributed by atoms with van der Waals surface area (Å²) in [6, 6.07) is 19.5. The molecule has 1 aromatic heterocycles. The molecule has 0 radical (unpaired) electrons. The smallest absolute Gasteiger partial charge is 0.266 e. The second-order valence-corrected chi connectivity index (χ2v) is 8.92. The van der Waals surface area contributed by atoms with Crippen molar-refractivity contribution >= 4 is 55.0 Å². The number of hydrogen-bond acceptors (Lipinski definition) is 5. The van der Waals surface area contributed by atoms with Crippen molar-refractivity contribution in [1.29, 1.82) is 0 Å². The second-order valence-electron chi connectivity index (χ2n) is 7.48. The van der Waals surface area contributed by atoms with Gasteiger partial charge in [-0.2, -0.15) is 0 Å². The number of likely N-dealkylation sites (N-methyl/N-ethyl adjacent to an activating group) is 1. The molecular formula is C25H26ClN3O2S. The van der Waals surface area contributed by atoms with E-state index in [1.807, 2.05) is 54.6 Å². The molecule has 0 aliphatic rings. The second kappa shape index (κ2) is 10.3. The molecule has 0 fully saturated rings. The van der Waals surface area contributed by atoms with Crippen molar-refractivity contribution in [2.75, 3.05) is 37.7 Å². The van der Waals surface area contributed by atoms with Crippen molar-refractivity contribution in [3.8, 4) is 5.75 Å². The van der Waals surface area contributed by atoms with Crippen LogP contribution in [0.15, 0.2) is 60.7 Å². The molecule has 0 unspecified atom stereocenters. The van der Waals surface area contributed by atoms with E-state index in [9.17, 15) is 4.79 Å². The Morgan fingerprint density at radius 2 is 1.78 bits per heavy atom. The molecule has 0 N–H and O–H groups in total. The topological polar surface area (TPSA) is 45.7 Å². The molecule has 0 aliphatic carbocycles. The number of aromatic nitrogens is 1. The zero-order valence-electron chi connectivity index (χ0n) is 18.3.